The smallest absolute Gasteiger partial charge is 0.303 e. The molecule has 0 radical (unpaired) electrons. The van der Waals surface area contributed by atoms with Crippen LogP contribution in [0.4, 0.5) is 4.39 Å². The predicted octanol–water partition coefficient (Wildman–Crippen LogP) is 7.11. The fraction of sp³-hybridized carbons (Fsp3) is 0.265. The van der Waals surface area contributed by atoms with E-state index in [9.17, 15) is 9.59 Å². The van der Waals surface area contributed by atoms with E-state index < -0.39 is 11.8 Å². The van der Waals surface area contributed by atoms with E-state index in [2.05, 4.69) is 4.98 Å². The summed E-state index contributed by atoms with van der Waals surface area (Å²) >= 11 is 6.41. The number of carbonyl (C=O) groups excluding carboxylic acids is 1. The molecule has 44 heavy (non-hydrogen) atoms. The molecule has 2 heterocycles. The molecule has 0 unspecified atom stereocenters. The van der Waals surface area contributed by atoms with Crippen molar-refractivity contribution in [3.8, 4) is 22.8 Å². The molecule has 1 aromatic heterocycles. The molecule has 0 amide bonds. The number of aliphatic carboxylic acids is 1. The highest BCUT2D eigenvalue weighted by Crippen LogP contribution is 2.36. The van der Waals surface area contributed by atoms with Gasteiger partial charge in [0.15, 0.2) is 5.78 Å². The second-order valence-corrected chi connectivity index (χ2v) is 10.9. The lowest BCUT2D eigenvalue weighted by Gasteiger charge is -2.15. The van der Waals surface area contributed by atoms with Crippen molar-refractivity contribution in [2.24, 2.45) is 4.99 Å². The van der Waals surface area contributed by atoms with Gasteiger partial charge in [0.2, 0.25) is 0 Å². The maximum absolute atomic E-state index is 15.2. The summed E-state index contributed by atoms with van der Waals surface area (Å²) in [4.78, 5) is 37.8. The maximum atomic E-state index is 15.2. The van der Waals surface area contributed by atoms with Gasteiger partial charge in [-0.05, 0) is 54.8 Å². The van der Waals surface area contributed by atoms with Crippen LogP contribution < -0.4 is 9.47 Å². The van der Waals surface area contributed by atoms with Crippen molar-refractivity contribution >= 4 is 29.1 Å². The molecule has 1 aliphatic rings. The van der Waals surface area contributed by atoms with Gasteiger partial charge in [0.25, 0.3) is 0 Å². The van der Waals surface area contributed by atoms with E-state index in [1.54, 1.807) is 36.5 Å². The van der Waals surface area contributed by atoms with Crippen LogP contribution in [0.25, 0.3) is 11.3 Å². The van der Waals surface area contributed by atoms with E-state index >= 15 is 4.39 Å². The van der Waals surface area contributed by atoms with E-state index in [1.807, 2.05) is 18.2 Å². The molecular formula is C34H31ClFN3O5. The van der Waals surface area contributed by atoms with Gasteiger partial charge in [0.05, 0.1) is 43.3 Å². The number of carboxylic acids is 1. The summed E-state index contributed by atoms with van der Waals surface area (Å²) in [7, 11) is 3.01. The Labute approximate surface area is 259 Å². The van der Waals surface area contributed by atoms with Crippen LogP contribution in [-0.4, -0.2) is 46.8 Å². The summed E-state index contributed by atoms with van der Waals surface area (Å²) in [5.41, 5.74) is 4.86. The van der Waals surface area contributed by atoms with Gasteiger partial charge in [-0.1, -0.05) is 36.2 Å². The van der Waals surface area contributed by atoms with Crippen molar-refractivity contribution < 1.29 is 28.6 Å². The Bertz CT molecular complexity index is 1760. The van der Waals surface area contributed by atoms with Crippen LogP contribution in [0.3, 0.4) is 0 Å². The molecule has 8 nitrogen and oxygen atoms in total. The van der Waals surface area contributed by atoms with Gasteiger partial charge in [0.1, 0.15) is 23.1 Å². The van der Waals surface area contributed by atoms with E-state index in [1.165, 1.54) is 20.3 Å². The highest BCUT2D eigenvalue weighted by atomic mass is 35.5. The SMILES string of the molecule is COc1cc(Cc2ncc3c(n2)-c2ccc(Cl)cc2C(c2c(F)cccc2OC)=NC3)ccc1C(=O)CCCCCC(=O)O. The number of halogens is 2. The third-order valence-electron chi connectivity index (χ3n) is 7.47. The van der Waals surface area contributed by atoms with Crippen molar-refractivity contribution in [3.05, 3.63) is 105 Å². The number of fused-ring (bicyclic) bond motifs is 3. The standard InChI is InChI=1S/C34H31ClFN3O5/c1-43-28-9-6-7-26(36)32(28)34-25-17-22(35)12-14-23(25)33-21(19-38-34)18-37-30(39-33)16-20-11-13-24(29(15-20)44-2)27(40)8-4-3-5-10-31(41)42/h6-7,9,11-15,17-18H,3-5,8,10,16,19H2,1-2H3,(H,41,42). The van der Waals surface area contributed by atoms with Gasteiger partial charge in [-0.3, -0.25) is 14.6 Å². The fourth-order valence-corrected chi connectivity index (χ4v) is 5.47. The van der Waals surface area contributed by atoms with Gasteiger partial charge in [-0.2, -0.15) is 0 Å². The molecule has 0 atom stereocenters. The first-order chi connectivity index (χ1) is 21.3. The summed E-state index contributed by atoms with van der Waals surface area (Å²) < 4.78 is 26.2. The highest BCUT2D eigenvalue weighted by Gasteiger charge is 2.25. The van der Waals surface area contributed by atoms with Gasteiger partial charge in [0, 0.05) is 47.2 Å². The number of ether oxygens (including phenoxy) is 2. The van der Waals surface area contributed by atoms with Crippen molar-refractivity contribution in [2.75, 3.05) is 14.2 Å². The number of nitrogens with zero attached hydrogens (tertiary/aromatic N) is 3. The zero-order valence-electron chi connectivity index (χ0n) is 24.4. The molecule has 0 bridgehead atoms. The van der Waals surface area contributed by atoms with E-state index in [4.69, 9.17) is 36.2 Å². The van der Waals surface area contributed by atoms with Crippen molar-refractivity contribution in [1.82, 2.24) is 9.97 Å². The van der Waals surface area contributed by atoms with E-state index in [0.29, 0.717) is 77.0 Å². The Hall–Kier alpha value is -4.63. The first-order valence-corrected chi connectivity index (χ1v) is 14.6. The van der Waals surface area contributed by atoms with Gasteiger partial charge < -0.3 is 14.6 Å². The third kappa shape index (κ3) is 6.78. The molecule has 0 saturated carbocycles. The molecule has 4 aromatic rings. The molecule has 3 aromatic carbocycles. The zero-order chi connectivity index (χ0) is 31.2. The number of carbonyl (C=O) groups is 2. The molecule has 0 spiro atoms. The van der Waals surface area contributed by atoms with Crippen LogP contribution in [-0.2, 0) is 17.8 Å². The van der Waals surface area contributed by atoms with Gasteiger partial charge in [-0.15, -0.1) is 0 Å². The number of unbranched alkanes of at least 4 members (excludes halogenated alkanes) is 2. The monoisotopic (exact) mass is 615 g/mol. The Morgan fingerprint density at radius 1 is 0.955 bits per heavy atom. The summed E-state index contributed by atoms with van der Waals surface area (Å²) in [6.07, 6.45) is 4.36. The Kier molecular flexibility index (Phi) is 9.65. The third-order valence-corrected chi connectivity index (χ3v) is 7.70. The molecule has 0 aliphatic carbocycles. The van der Waals surface area contributed by atoms with Crippen LogP contribution in [0.5, 0.6) is 11.5 Å². The molecule has 10 heteroatoms. The minimum Gasteiger partial charge on any atom is -0.496 e. The molecule has 5 rings (SSSR count). The second kappa shape index (κ2) is 13.8. The number of benzene rings is 3. The molecular weight excluding hydrogens is 585 g/mol. The van der Waals surface area contributed by atoms with Crippen LogP contribution in [0.1, 0.15) is 70.5 Å². The topological polar surface area (TPSA) is 111 Å². The summed E-state index contributed by atoms with van der Waals surface area (Å²) in [5.74, 6) is 0.0348. The first kappa shape index (κ1) is 30.8. The largest absolute Gasteiger partial charge is 0.496 e. The maximum Gasteiger partial charge on any atom is 0.303 e. The molecule has 0 saturated heterocycles. The van der Waals surface area contributed by atoms with Crippen LogP contribution >= 0.6 is 11.6 Å². The van der Waals surface area contributed by atoms with Gasteiger partial charge >= 0.3 is 5.97 Å². The molecule has 0 fully saturated rings. The lowest BCUT2D eigenvalue weighted by atomic mass is 9.94. The Morgan fingerprint density at radius 3 is 2.52 bits per heavy atom. The zero-order valence-corrected chi connectivity index (χ0v) is 25.2. The predicted molar refractivity (Wildman–Crippen MR) is 166 cm³/mol. The average molecular weight is 616 g/mol. The van der Waals surface area contributed by atoms with Crippen molar-refractivity contribution in [3.63, 3.8) is 0 Å². The van der Waals surface area contributed by atoms with Crippen molar-refractivity contribution in [1.29, 1.82) is 0 Å². The van der Waals surface area contributed by atoms with Crippen LogP contribution in [0.2, 0.25) is 5.02 Å². The van der Waals surface area contributed by atoms with Crippen molar-refractivity contribution in [2.45, 2.75) is 45.1 Å². The van der Waals surface area contributed by atoms with E-state index in [-0.39, 0.29) is 24.3 Å². The average Bonchev–Trinajstić information content (AvgIpc) is 3.16. The molecule has 1 aliphatic heterocycles. The van der Waals surface area contributed by atoms with Gasteiger partial charge in [-0.25, -0.2) is 14.4 Å². The molecule has 226 valence electrons. The Morgan fingerprint density at radius 2 is 1.75 bits per heavy atom. The minimum absolute atomic E-state index is 0.0532. The summed E-state index contributed by atoms with van der Waals surface area (Å²) in [5, 5.41) is 9.26. The summed E-state index contributed by atoms with van der Waals surface area (Å²) in [6.45, 7) is 0.232. The minimum atomic E-state index is -0.832. The Balaban J connectivity index is 1.41. The lowest BCUT2D eigenvalue weighted by Crippen LogP contribution is -2.09. The highest BCUT2D eigenvalue weighted by molar-refractivity contribution is 6.31. The number of hydrogen-bond acceptors (Lipinski definition) is 7. The summed E-state index contributed by atoms with van der Waals surface area (Å²) in [6, 6.07) is 15.4. The quantitative estimate of drug-likeness (QED) is 0.133. The molecule has 1 N–H and O–H groups in total. The number of hydrogen-bond donors (Lipinski definition) is 1. The lowest BCUT2D eigenvalue weighted by molar-refractivity contribution is -0.137. The second-order valence-electron chi connectivity index (χ2n) is 10.4. The number of methoxy groups -OCH3 is 2. The number of aromatic nitrogens is 2. The number of aliphatic imine (C=N–C) groups is 1. The van der Waals surface area contributed by atoms with Crippen LogP contribution in [0.15, 0.2) is 65.8 Å². The number of carboxylic acid groups (broad SMARTS) is 1. The number of ketones is 1. The van der Waals surface area contributed by atoms with Crippen LogP contribution in [0, 0.1) is 5.82 Å². The fourth-order valence-electron chi connectivity index (χ4n) is 5.30. The van der Waals surface area contributed by atoms with E-state index in [0.717, 1.165) is 16.7 Å². The number of Topliss-reactive ketones (excluding diaryl/α,β-unsaturated/α-hetero) is 1. The normalized spacial score (nSPS) is 12.0. The first-order valence-electron chi connectivity index (χ1n) is 14.2. The number of rotatable bonds is 12.